The van der Waals surface area contributed by atoms with Gasteiger partial charge in [-0.05, 0) is 24.5 Å². The number of rotatable bonds is 5. The van der Waals surface area contributed by atoms with E-state index >= 15 is 0 Å². The molecule has 1 atom stereocenters. The van der Waals surface area contributed by atoms with E-state index in [9.17, 15) is 9.46 Å². The lowest BCUT2D eigenvalue weighted by molar-refractivity contribution is 0.252. The van der Waals surface area contributed by atoms with Crippen LogP contribution >= 0.6 is 7.60 Å². The lowest BCUT2D eigenvalue weighted by Gasteiger charge is -2.12. The maximum atomic E-state index is 11.7. The largest absolute Gasteiger partial charge is 0.358 e. The summed E-state index contributed by atoms with van der Waals surface area (Å²) in [7, 11) is -3.60. The van der Waals surface area contributed by atoms with Crippen LogP contribution in [0.4, 0.5) is 0 Å². The molecular formula is C11H17O3P. The van der Waals surface area contributed by atoms with Gasteiger partial charge in [0.05, 0.1) is 11.9 Å². The van der Waals surface area contributed by atoms with Crippen molar-refractivity contribution in [3.8, 4) is 0 Å². The van der Waals surface area contributed by atoms with Crippen LogP contribution in [0, 0.1) is 5.92 Å². The molecule has 15 heavy (non-hydrogen) atoms. The van der Waals surface area contributed by atoms with E-state index in [4.69, 9.17) is 4.52 Å². The maximum absolute atomic E-state index is 11.7. The van der Waals surface area contributed by atoms with E-state index in [1.165, 1.54) is 0 Å². The standard InChI is InChI=1S/C11H17O3P/c1-10(2)8-9-14-15(12,13)11-6-4-3-5-7-11/h3-7,10H,8-9H2,1-2H3,(H,12,13). The molecule has 0 radical (unpaired) electrons. The Hall–Kier alpha value is -0.630. The molecule has 0 aromatic heterocycles. The van der Waals surface area contributed by atoms with Crippen molar-refractivity contribution >= 4 is 12.9 Å². The summed E-state index contributed by atoms with van der Waals surface area (Å²) in [5.41, 5.74) is 0. The van der Waals surface area contributed by atoms with Crippen LogP contribution in [0.5, 0.6) is 0 Å². The van der Waals surface area contributed by atoms with Gasteiger partial charge in [-0.15, -0.1) is 0 Å². The normalized spacial score (nSPS) is 15.2. The van der Waals surface area contributed by atoms with Crippen LogP contribution in [0.1, 0.15) is 20.3 Å². The first-order valence-electron chi connectivity index (χ1n) is 5.05. The Morgan fingerprint density at radius 2 is 1.93 bits per heavy atom. The van der Waals surface area contributed by atoms with Crippen LogP contribution in [0.2, 0.25) is 0 Å². The fourth-order valence-corrected chi connectivity index (χ4v) is 2.15. The number of hydrogen-bond donors (Lipinski definition) is 1. The minimum Gasteiger partial charge on any atom is -0.321 e. The van der Waals surface area contributed by atoms with E-state index in [1.54, 1.807) is 30.3 Å². The zero-order chi connectivity index (χ0) is 11.3. The molecule has 0 saturated heterocycles. The van der Waals surface area contributed by atoms with E-state index < -0.39 is 7.60 Å². The summed E-state index contributed by atoms with van der Waals surface area (Å²) in [5, 5.41) is 0.355. The average Bonchev–Trinajstić information content (AvgIpc) is 2.18. The van der Waals surface area contributed by atoms with Gasteiger partial charge < -0.3 is 9.42 Å². The summed E-state index contributed by atoms with van der Waals surface area (Å²) in [4.78, 5) is 9.63. The second-order valence-electron chi connectivity index (χ2n) is 3.87. The SMILES string of the molecule is CC(C)CCOP(=O)(O)c1ccccc1. The zero-order valence-corrected chi connectivity index (χ0v) is 9.98. The molecule has 1 rings (SSSR count). The van der Waals surface area contributed by atoms with Crippen LogP contribution in [0.3, 0.4) is 0 Å². The number of hydrogen-bond acceptors (Lipinski definition) is 2. The topological polar surface area (TPSA) is 46.5 Å². The van der Waals surface area contributed by atoms with Gasteiger partial charge in [0.1, 0.15) is 0 Å². The highest BCUT2D eigenvalue weighted by molar-refractivity contribution is 7.61. The van der Waals surface area contributed by atoms with Crippen molar-refractivity contribution in [1.29, 1.82) is 0 Å². The third kappa shape index (κ3) is 4.17. The Morgan fingerprint density at radius 1 is 1.33 bits per heavy atom. The van der Waals surface area contributed by atoms with Crippen LogP contribution < -0.4 is 5.30 Å². The van der Waals surface area contributed by atoms with E-state index in [2.05, 4.69) is 0 Å². The molecule has 4 heteroatoms. The highest BCUT2D eigenvalue weighted by Crippen LogP contribution is 2.40. The second-order valence-corrected chi connectivity index (χ2v) is 5.69. The van der Waals surface area contributed by atoms with Gasteiger partial charge in [0, 0.05) is 0 Å². The summed E-state index contributed by atoms with van der Waals surface area (Å²) >= 11 is 0. The molecule has 1 aromatic carbocycles. The predicted octanol–water partition coefficient (Wildman–Crippen LogP) is 2.56. The van der Waals surface area contributed by atoms with Crippen molar-refractivity contribution in [2.45, 2.75) is 20.3 Å². The fourth-order valence-electron chi connectivity index (χ4n) is 1.10. The van der Waals surface area contributed by atoms with E-state index in [0.717, 1.165) is 6.42 Å². The highest BCUT2D eigenvalue weighted by Gasteiger charge is 2.21. The van der Waals surface area contributed by atoms with Gasteiger partial charge in [-0.25, -0.2) is 0 Å². The monoisotopic (exact) mass is 228 g/mol. The first-order chi connectivity index (χ1) is 7.02. The Morgan fingerprint density at radius 3 is 2.47 bits per heavy atom. The molecule has 1 unspecified atom stereocenters. The van der Waals surface area contributed by atoms with Gasteiger partial charge in [-0.3, -0.25) is 4.57 Å². The van der Waals surface area contributed by atoms with Crippen molar-refractivity contribution < 1.29 is 14.0 Å². The second kappa shape index (κ2) is 5.45. The summed E-state index contributed by atoms with van der Waals surface area (Å²) in [6.07, 6.45) is 0.789. The van der Waals surface area contributed by atoms with E-state index in [-0.39, 0.29) is 0 Å². The Bertz CT molecular complexity index is 335. The lowest BCUT2D eigenvalue weighted by atomic mass is 10.2. The molecular weight excluding hydrogens is 211 g/mol. The first-order valence-corrected chi connectivity index (χ1v) is 6.63. The van der Waals surface area contributed by atoms with Gasteiger partial charge >= 0.3 is 7.60 Å². The van der Waals surface area contributed by atoms with Gasteiger partial charge in [-0.2, -0.15) is 0 Å². The summed E-state index contributed by atoms with van der Waals surface area (Å²) in [5.74, 6) is 0.473. The molecule has 84 valence electrons. The molecule has 1 N–H and O–H groups in total. The average molecular weight is 228 g/mol. The molecule has 3 nitrogen and oxygen atoms in total. The van der Waals surface area contributed by atoms with Gasteiger partial charge in [0.2, 0.25) is 0 Å². The molecule has 0 saturated carbocycles. The van der Waals surface area contributed by atoms with Crippen LogP contribution in [-0.4, -0.2) is 11.5 Å². The van der Waals surface area contributed by atoms with Gasteiger partial charge in [0.15, 0.2) is 0 Å². The summed E-state index contributed by atoms with van der Waals surface area (Å²) in [6.45, 7) is 4.42. The van der Waals surface area contributed by atoms with Crippen LogP contribution in [-0.2, 0) is 9.09 Å². The van der Waals surface area contributed by atoms with Crippen molar-refractivity contribution in [2.75, 3.05) is 6.61 Å². The van der Waals surface area contributed by atoms with Crippen LogP contribution in [0.15, 0.2) is 30.3 Å². The first kappa shape index (κ1) is 12.4. The third-order valence-electron chi connectivity index (χ3n) is 2.04. The molecule has 0 spiro atoms. The molecule has 0 aliphatic rings. The Labute approximate surface area is 90.6 Å². The van der Waals surface area contributed by atoms with Crippen LogP contribution in [0.25, 0.3) is 0 Å². The molecule has 0 amide bonds. The van der Waals surface area contributed by atoms with Gasteiger partial charge in [0.25, 0.3) is 0 Å². The minimum atomic E-state index is -3.60. The molecule has 1 aromatic rings. The third-order valence-corrected chi connectivity index (χ3v) is 3.53. The lowest BCUT2D eigenvalue weighted by Crippen LogP contribution is -2.08. The van der Waals surface area contributed by atoms with Crippen molar-refractivity contribution in [3.63, 3.8) is 0 Å². The van der Waals surface area contributed by atoms with E-state index in [0.29, 0.717) is 17.8 Å². The molecule has 0 bridgehead atoms. The fraction of sp³-hybridized carbons (Fsp3) is 0.455. The number of benzene rings is 1. The molecule has 0 fully saturated rings. The smallest absolute Gasteiger partial charge is 0.321 e. The highest BCUT2D eigenvalue weighted by atomic mass is 31.2. The maximum Gasteiger partial charge on any atom is 0.358 e. The van der Waals surface area contributed by atoms with Gasteiger partial charge in [-0.1, -0.05) is 32.0 Å². The van der Waals surface area contributed by atoms with Crippen molar-refractivity contribution in [3.05, 3.63) is 30.3 Å². The Balaban J connectivity index is 2.56. The molecule has 0 aliphatic carbocycles. The van der Waals surface area contributed by atoms with Crippen molar-refractivity contribution in [2.24, 2.45) is 5.92 Å². The van der Waals surface area contributed by atoms with E-state index in [1.807, 2.05) is 13.8 Å². The summed E-state index contributed by atoms with van der Waals surface area (Å²) < 4.78 is 16.8. The quantitative estimate of drug-likeness (QED) is 0.788. The Kier molecular flexibility index (Phi) is 4.52. The molecule has 0 heterocycles. The molecule has 0 aliphatic heterocycles. The predicted molar refractivity (Wildman–Crippen MR) is 61.3 cm³/mol. The zero-order valence-electron chi connectivity index (χ0n) is 9.09. The van der Waals surface area contributed by atoms with Crippen molar-refractivity contribution in [1.82, 2.24) is 0 Å². The summed E-state index contributed by atoms with van der Waals surface area (Å²) in [6, 6.07) is 8.47. The minimum absolute atomic E-state index is 0.320.